The van der Waals surface area contributed by atoms with E-state index in [2.05, 4.69) is 10.3 Å². The van der Waals surface area contributed by atoms with Crippen molar-refractivity contribution < 1.29 is 26.0 Å². The average Bonchev–Trinajstić information content (AvgIpc) is 3.00. The number of allylic oxidation sites excluding steroid dienone is 2. The molecule has 1 unspecified atom stereocenters. The van der Waals surface area contributed by atoms with Crippen LogP contribution < -0.4 is 5.32 Å². The number of carbonyl (C=O) groups excluding carboxylic acids is 1. The molecule has 0 bridgehead atoms. The van der Waals surface area contributed by atoms with Crippen molar-refractivity contribution in [2.75, 3.05) is 6.26 Å². The van der Waals surface area contributed by atoms with Crippen LogP contribution in [0.25, 0.3) is 0 Å². The van der Waals surface area contributed by atoms with Crippen LogP contribution >= 0.6 is 0 Å². The Morgan fingerprint density at radius 3 is 2.80 bits per heavy atom. The minimum atomic E-state index is -3.34. The predicted octanol–water partition coefficient (Wildman–Crippen LogP) is 1.78. The molecule has 0 radical (unpaired) electrons. The second-order valence-electron chi connectivity index (χ2n) is 5.61. The van der Waals surface area contributed by atoms with Crippen LogP contribution in [0.15, 0.2) is 57.2 Å². The minimum Gasteiger partial charge on any atom is -0.345 e. The van der Waals surface area contributed by atoms with Gasteiger partial charge in [-0.1, -0.05) is 18.2 Å². The Hall–Kier alpha value is -2.54. The van der Waals surface area contributed by atoms with Crippen LogP contribution in [0, 0.1) is 0 Å². The summed E-state index contributed by atoms with van der Waals surface area (Å²) in [5.41, 5.74) is 0.144. The third-order valence-electron chi connectivity index (χ3n) is 3.67. The maximum atomic E-state index is 12.9. The lowest BCUT2D eigenvalue weighted by atomic mass is 10.2. The summed E-state index contributed by atoms with van der Waals surface area (Å²) in [5, 5.41) is 2.64. The third-order valence-corrected chi connectivity index (χ3v) is 4.79. The first kappa shape index (κ1) is 11.1. The maximum absolute atomic E-state index is 12.9. The molecule has 0 aromatic heterocycles. The van der Waals surface area contributed by atoms with Gasteiger partial charge in [-0.15, -0.1) is 0 Å². The van der Waals surface area contributed by atoms with Crippen molar-refractivity contribution in [1.82, 2.24) is 5.32 Å². The lowest BCUT2D eigenvalue weighted by molar-refractivity contribution is -0.337. The Morgan fingerprint density at radius 2 is 2.16 bits per heavy atom. The lowest BCUT2D eigenvalue weighted by Crippen LogP contribution is -2.32. The van der Waals surface area contributed by atoms with Crippen LogP contribution in [0.1, 0.15) is 34.0 Å². The van der Waals surface area contributed by atoms with Gasteiger partial charge in [0.15, 0.2) is 9.84 Å². The van der Waals surface area contributed by atoms with E-state index in [1.165, 1.54) is 19.1 Å². The van der Waals surface area contributed by atoms with E-state index < -0.39 is 46.8 Å². The van der Waals surface area contributed by atoms with E-state index in [0.717, 1.165) is 10.8 Å². The number of carbonyl (C=O) groups is 1. The fourth-order valence-corrected chi connectivity index (χ4v) is 3.06. The monoisotopic (exact) mass is 364 g/mol. The average molecular weight is 364 g/mol. The van der Waals surface area contributed by atoms with Crippen LogP contribution in [0.4, 0.5) is 0 Å². The topological polar surface area (TPSA) is 78.6 Å². The molecular weight excluding hydrogens is 338 g/mol. The molecule has 0 fully saturated rings. The van der Waals surface area contributed by atoms with Crippen LogP contribution in [0.3, 0.4) is 0 Å². The van der Waals surface area contributed by atoms with Crippen molar-refractivity contribution in [2.45, 2.75) is 31.6 Å². The summed E-state index contributed by atoms with van der Waals surface area (Å²) < 4.78 is 71.4. The maximum Gasteiger partial charge on any atom is 0.308 e. The molecule has 6 nitrogen and oxygen atoms in total. The zero-order valence-electron chi connectivity index (χ0n) is 19.6. The molecule has 1 N–H and O–H groups in total. The molecule has 1 amide bonds. The van der Waals surface area contributed by atoms with Crippen LogP contribution in [0.2, 0.25) is 0 Å². The van der Waals surface area contributed by atoms with Crippen molar-refractivity contribution in [3.05, 3.63) is 52.8 Å². The van der Waals surface area contributed by atoms with Gasteiger partial charge in [-0.05, 0) is 35.1 Å². The minimum absolute atomic E-state index is 0.0477. The van der Waals surface area contributed by atoms with Gasteiger partial charge in [-0.2, -0.15) is 4.58 Å². The number of aliphatic imine (C=N–C) groups is 1. The van der Waals surface area contributed by atoms with Crippen molar-refractivity contribution in [2.24, 2.45) is 4.99 Å². The molecule has 1 atom stereocenters. The lowest BCUT2D eigenvalue weighted by Gasteiger charge is -2.10. The normalized spacial score (nSPS) is 24.6. The van der Waals surface area contributed by atoms with Gasteiger partial charge in [0.1, 0.15) is 1.37 Å². The highest BCUT2D eigenvalue weighted by molar-refractivity contribution is 7.90. The zero-order chi connectivity index (χ0) is 23.3. The number of nitrogens with one attached hydrogen (secondary N) is 1. The number of fused-ring (bicyclic) bond motifs is 1. The Morgan fingerprint density at radius 1 is 1.44 bits per heavy atom. The molecule has 2 aliphatic heterocycles. The number of amides is 1. The van der Waals surface area contributed by atoms with Gasteiger partial charge in [-0.25, -0.2) is 8.42 Å². The van der Waals surface area contributed by atoms with E-state index in [9.17, 15) is 13.2 Å². The largest absolute Gasteiger partial charge is 0.345 e. The summed E-state index contributed by atoms with van der Waals surface area (Å²) in [7, 11) is -3.34. The molecule has 2 heterocycles. The van der Waals surface area contributed by atoms with Crippen molar-refractivity contribution >= 4 is 27.8 Å². The van der Waals surface area contributed by atoms with Gasteiger partial charge >= 0.3 is 5.84 Å². The first-order chi connectivity index (χ1) is 14.2. The van der Waals surface area contributed by atoms with Gasteiger partial charge in [-0.3, -0.25) is 4.79 Å². The first-order valence-corrected chi connectivity index (χ1v) is 9.27. The molecule has 0 saturated carbocycles. The molecule has 0 spiro atoms. The summed E-state index contributed by atoms with van der Waals surface area (Å²) in [6.45, 7) is -1.25. The summed E-state index contributed by atoms with van der Waals surface area (Å²) in [6.07, 6.45) is -0.922. The van der Waals surface area contributed by atoms with E-state index >= 15 is 0 Å². The number of hydrogen-bond acceptors (Lipinski definition) is 4. The number of benzene rings is 1. The molecule has 1 aromatic carbocycles. The summed E-state index contributed by atoms with van der Waals surface area (Å²) in [4.78, 5) is 17.1. The number of nitrogens with zero attached hydrogens (tertiary/aromatic N) is 2. The first-order valence-electron chi connectivity index (χ1n) is 10.5. The number of hydrogen-bond donors (Lipinski definition) is 1. The Labute approximate surface area is 155 Å². The standard InChI is InChI=1S/C18H19N3O3S/c1-12-4-9-16-20-13(2)17(21(16)11-12)18(22)19-10-14-5-7-15(8-6-14)25(3,23)24/h4-8,11H,9-10H2,1-3H3/p+1/i1D3,4D,9D,11D. The number of rotatable bonds is 4. The molecule has 3 rings (SSSR count). The van der Waals surface area contributed by atoms with Crippen LogP contribution in [-0.2, 0) is 21.2 Å². The molecule has 2 aliphatic rings. The van der Waals surface area contributed by atoms with Crippen LogP contribution in [-0.4, -0.2) is 37.2 Å². The van der Waals surface area contributed by atoms with Gasteiger partial charge in [0.05, 0.1) is 18.9 Å². The Bertz CT molecular complexity index is 1190. The second-order valence-corrected chi connectivity index (χ2v) is 7.63. The molecular formula is C18H20N3O3S+. The third kappa shape index (κ3) is 3.61. The van der Waals surface area contributed by atoms with E-state index in [-0.39, 0.29) is 28.7 Å². The smallest absolute Gasteiger partial charge is 0.308 e. The van der Waals surface area contributed by atoms with E-state index in [1.807, 2.05) is 0 Å². The van der Waals surface area contributed by atoms with Crippen molar-refractivity contribution in [3.63, 3.8) is 0 Å². The Kier molecular flexibility index (Phi) is 2.85. The zero-order valence-corrected chi connectivity index (χ0v) is 14.4. The molecule has 0 aliphatic carbocycles. The summed E-state index contributed by atoms with van der Waals surface area (Å²) in [5.74, 6) is -0.707. The predicted molar refractivity (Wildman–Crippen MR) is 96.2 cm³/mol. The molecule has 7 heteroatoms. The van der Waals surface area contributed by atoms with Gasteiger partial charge in [0, 0.05) is 25.2 Å². The second kappa shape index (κ2) is 6.40. The highest BCUT2D eigenvalue weighted by Crippen LogP contribution is 2.21. The molecule has 25 heavy (non-hydrogen) atoms. The van der Waals surface area contributed by atoms with Gasteiger partial charge in [0.25, 0.3) is 5.91 Å². The van der Waals surface area contributed by atoms with E-state index in [1.54, 1.807) is 12.1 Å². The van der Waals surface area contributed by atoms with E-state index in [4.69, 9.17) is 8.22 Å². The Balaban J connectivity index is 1.88. The fourth-order valence-electron chi connectivity index (χ4n) is 2.43. The molecule has 130 valence electrons. The summed E-state index contributed by atoms with van der Waals surface area (Å²) in [6, 6.07) is 5.41. The van der Waals surface area contributed by atoms with Crippen LogP contribution in [0.5, 0.6) is 0 Å². The fraction of sp³-hybridized carbons (Fsp3) is 0.278. The molecule has 1 aromatic rings. The molecule has 0 saturated heterocycles. The number of sulfone groups is 1. The van der Waals surface area contributed by atoms with E-state index in [0.29, 0.717) is 5.56 Å². The van der Waals surface area contributed by atoms with Gasteiger partial charge < -0.3 is 5.32 Å². The highest BCUT2D eigenvalue weighted by atomic mass is 32.2. The summed E-state index contributed by atoms with van der Waals surface area (Å²) >= 11 is 0. The van der Waals surface area contributed by atoms with Crippen molar-refractivity contribution in [3.8, 4) is 0 Å². The van der Waals surface area contributed by atoms with Crippen molar-refractivity contribution in [1.29, 1.82) is 0 Å². The number of amidine groups is 1. The quantitative estimate of drug-likeness (QED) is 0.827. The highest BCUT2D eigenvalue weighted by Gasteiger charge is 2.36. The SMILES string of the molecule is [2H]C1=C(C([2H])([2H])[2H])C([2H])=[N+]2C(=NC(C)=C2C(=O)NCc2ccc(S(C)(=O)=O)cc2)C1[2H]. The van der Waals surface area contributed by atoms with Gasteiger partial charge in [0.2, 0.25) is 11.4 Å².